The van der Waals surface area contributed by atoms with Gasteiger partial charge in [-0.25, -0.2) is 0 Å². The van der Waals surface area contributed by atoms with Gasteiger partial charge in [0.1, 0.15) is 0 Å². The Morgan fingerprint density at radius 1 is 1.35 bits per heavy atom. The standard InChI is InChI=1S/C13H19BrN2O/c1-3-12(16-9-13(17)15-4-2)10-7-5-6-8-11(10)14/h5-8,12,16H,3-4,9H2,1-2H3,(H,15,17)/t12-/m0/s1. The first-order valence-electron chi connectivity index (χ1n) is 5.93. The Kier molecular flexibility index (Phi) is 6.22. The molecule has 1 aromatic rings. The second-order valence-electron chi connectivity index (χ2n) is 3.82. The molecule has 1 rings (SSSR count). The largest absolute Gasteiger partial charge is 0.355 e. The highest BCUT2D eigenvalue weighted by Gasteiger charge is 2.12. The normalized spacial score (nSPS) is 12.2. The van der Waals surface area contributed by atoms with E-state index in [0.29, 0.717) is 13.1 Å². The summed E-state index contributed by atoms with van der Waals surface area (Å²) in [6.45, 7) is 5.05. The molecule has 0 aromatic heterocycles. The molecule has 0 radical (unpaired) electrons. The van der Waals surface area contributed by atoms with E-state index in [2.05, 4.69) is 39.6 Å². The van der Waals surface area contributed by atoms with E-state index in [1.807, 2.05) is 25.1 Å². The van der Waals surface area contributed by atoms with Gasteiger partial charge in [-0.05, 0) is 25.0 Å². The average molecular weight is 299 g/mol. The van der Waals surface area contributed by atoms with Crippen molar-refractivity contribution in [2.45, 2.75) is 26.3 Å². The zero-order chi connectivity index (χ0) is 12.7. The van der Waals surface area contributed by atoms with Crippen LogP contribution in [0.1, 0.15) is 31.9 Å². The lowest BCUT2D eigenvalue weighted by atomic mass is 10.0. The van der Waals surface area contributed by atoms with Crippen LogP contribution in [0.2, 0.25) is 0 Å². The minimum absolute atomic E-state index is 0.0398. The van der Waals surface area contributed by atoms with Gasteiger partial charge >= 0.3 is 0 Å². The lowest BCUT2D eigenvalue weighted by Crippen LogP contribution is -2.35. The molecule has 0 heterocycles. The number of carbonyl (C=O) groups excluding carboxylic acids is 1. The molecule has 0 fully saturated rings. The van der Waals surface area contributed by atoms with E-state index in [1.54, 1.807) is 0 Å². The van der Waals surface area contributed by atoms with Crippen LogP contribution in [-0.4, -0.2) is 19.0 Å². The zero-order valence-electron chi connectivity index (χ0n) is 10.3. The Hall–Kier alpha value is -0.870. The fourth-order valence-electron chi connectivity index (χ4n) is 1.71. The summed E-state index contributed by atoms with van der Waals surface area (Å²) >= 11 is 3.53. The van der Waals surface area contributed by atoms with Crippen molar-refractivity contribution in [3.05, 3.63) is 34.3 Å². The monoisotopic (exact) mass is 298 g/mol. The number of likely N-dealkylation sites (N-methyl/N-ethyl adjacent to an activating group) is 1. The molecule has 94 valence electrons. The van der Waals surface area contributed by atoms with Gasteiger partial charge in [0, 0.05) is 17.1 Å². The van der Waals surface area contributed by atoms with Crippen LogP contribution in [0.4, 0.5) is 0 Å². The van der Waals surface area contributed by atoms with Crippen LogP contribution < -0.4 is 10.6 Å². The van der Waals surface area contributed by atoms with E-state index in [1.165, 1.54) is 5.56 Å². The molecule has 0 aliphatic carbocycles. The van der Waals surface area contributed by atoms with Crippen LogP contribution in [0.5, 0.6) is 0 Å². The summed E-state index contributed by atoms with van der Waals surface area (Å²) in [7, 11) is 0. The highest BCUT2D eigenvalue weighted by Crippen LogP contribution is 2.24. The third kappa shape index (κ3) is 4.48. The van der Waals surface area contributed by atoms with Crippen molar-refractivity contribution in [1.82, 2.24) is 10.6 Å². The summed E-state index contributed by atoms with van der Waals surface area (Å²) in [5.74, 6) is 0.0398. The van der Waals surface area contributed by atoms with Gasteiger partial charge in [0.25, 0.3) is 0 Å². The van der Waals surface area contributed by atoms with Gasteiger partial charge in [0.05, 0.1) is 6.54 Å². The van der Waals surface area contributed by atoms with Crippen molar-refractivity contribution in [1.29, 1.82) is 0 Å². The molecule has 3 nitrogen and oxygen atoms in total. The molecule has 1 amide bonds. The number of benzene rings is 1. The van der Waals surface area contributed by atoms with Crippen molar-refractivity contribution in [3.63, 3.8) is 0 Å². The highest BCUT2D eigenvalue weighted by atomic mass is 79.9. The minimum Gasteiger partial charge on any atom is -0.355 e. The van der Waals surface area contributed by atoms with Crippen LogP contribution in [0.3, 0.4) is 0 Å². The Bertz CT molecular complexity index is 368. The van der Waals surface area contributed by atoms with Crippen molar-refractivity contribution >= 4 is 21.8 Å². The van der Waals surface area contributed by atoms with Crippen molar-refractivity contribution in [2.24, 2.45) is 0 Å². The molecule has 0 aliphatic heterocycles. The van der Waals surface area contributed by atoms with Crippen molar-refractivity contribution in [3.8, 4) is 0 Å². The Morgan fingerprint density at radius 3 is 2.65 bits per heavy atom. The minimum atomic E-state index is 0.0398. The van der Waals surface area contributed by atoms with Gasteiger partial charge < -0.3 is 10.6 Å². The van der Waals surface area contributed by atoms with Crippen molar-refractivity contribution < 1.29 is 4.79 Å². The predicted molar refractivity (Wildman–Crippen MR) is 73.9 cm³/mol. The molecule has 0 spiro atoms. The third-order valence-corrected chi connectivity index (χ3v) is 3.29. The maximum atomic E-state index is 11.4. The number of hydrogen-bond acceptors (Lipinski definition) is 2. The Morgan fingerprint density at radius 2 is 2.06 bits per heavy atom. The Labute approximate surface area is 111 Å². The van der Waals surface area contributed by atoms with E-state index < -0.39 is 0 Å². The van der Waals surface area contributed by atoms with E-state index in [9.17, 15) is 4.79 Å². The molecule has 0 bridgehead atoms. The second-order valence-corrected chi connectivity index (χ2v) is 4.67. The van der Waals surface area contributed by atoms with Gasteiger partial charge in [-0.1, -0.05) is 41.1 Å². The number of carbonyl (C=O) groups is 1. The van der Waals surface area contributed by atoms with Crippen LogP contribution in [0.15, 0.2) is 28.7 Å². The lowest BCUT2D eigenvalue weighted by molar-refractivity contribution is -0.120. The third-order valence-electron chi connectivity index (χ3n) is 2.57. The number of halogens is 1. The summed E-state index contributed by atoms with van der Waals surface area (Å²) in [4.78, 5) is 11.4. The summed E-state index contributed by atoms with van der Waals surface area (Å²) in [5.41, 5.74) is 1.19. The van der Waals surface area contributed by atoms with E-state index in [-0.39, 0.29) is 11.9 Å². The molecule has 4 heteroatoms. The first-order valence-corrected chi connectivity index (χ1v) is 6.72. The topological polar surface area (TPSA) is 41.1 Å². The van der Waals surface area contributed by atoms with Gasteiger partial charge in [0.2, 0.25) is 5.91 Å². The van der Waals surface area contributed by atoms with Crippen LogP contribution >= 0.6 is 15.9 Å². The zero-order valence-corrected chi connectivity index (χ0v) is 11.9. The maximum Gasteiger partial charge on any atom is 0.233 e. The predicted octanol–water partition coefficient (Wildman–Crippen LogP) is 2.63. The molecule has 0 saturated heterocycles. The SMILES string of the molecule is CCNC(=O)CN[C@@H](CC)c1ccccc1Br. The highest BCUT2D eigenvalue weighted by molar-refractivity contribution is 9.10. The molecule has 1 aromatic carbocycles. The number of rotatable bonds is 6. The maximum absolute atomic E-state index is 11.4. The number of hydrogen-bond donors (Lipinski definition) is 2. The van der Waals surface area contributed by atoms with Crippen molar-refractivity contribution in [2.75, 3.05) is 13.1 Å². The fourth-order valence-corrected chi connectivity index (χ4v) is 2.27. The summed E-state index contributed by atoms with van der Waals surface area (Å²) in [6.07, 6.45) is 0.946. The molecular formula is C13H19BrN2O. The molecule has 0 aliphatic rings. The van der Waals surface area contributed by atoms with E-state index >= 15 is 0 Å². The smallest absolute Gasteiger partial charge is 0.233 e. The fraction of sp³-hybridized carbons (Fsp3) is 0.462. The first kappa shape index (κ1) is 14.2. The van der Waals surface area contributed by atoms with Gasteiger partial charge in [-0.3, -0.25) is 4.79 Å². The molecular weight excluding hydrogens is 280 g/mol. The van der Waals surface area contributed by atoms with E-state index in [0.717, 1.165) is 10.9 Å². The summed E-state index contributed by atoms with van der Waals surface area (Å²) < 4.78 is 1.08. The number of amides is 1. The van der Waals surface area contributed by atoms with Crippen LogP contribution in [0.25, 0.3) is 0 Å². The van der Waals surface area contributed by atoms with Gasteiger partial charge in [-0.2, -0.15) is 0 Å². The van der Waals surface area contributed by atoms with Gasteiger partial charge in [0.15, 0.2) is 0 Å². The first-order chi connectivity index (χ1) is 8.19. The quantitative estimate of drug-likeness (QED) is 0.848. The van der Waals surface area contributed by atoms with E-state index in [4.69, 9.17) is 0 Å². The summed E-state index contributed by atoms with van der Waals surface area (Å²) in [5, 5.41) is 6.05. The Balaban J connectivity index is 2.60. The molecule has 1 atom stereocenters. The lowest BCUT2D eigenvalue weighted by Gasteiger charge is -2.18. The van der Waals surface area contributed by atoms with Crippen LogP contribution in [0, 0.1) is 0 Å². The molecule has 17 heavy (non-hydrogen) atoms. The molecule has 0 saturated carbocycles. The molecule has 0 unspecified atom stereocenters. The average Bonchev–Trinajstić information content (AvgIpc) is 2.32. The second kappa shape index (κ2) is 7.45. The summed E-state index contributed by atoms with van der Waals surface area (Å²) in [6, 6.07) is 8.29. The van der Waals surface area contributed by atoms with Crippen LogP contribution in [-0.2, 0) is 4.79 Å². The molecule has 2 N–H and O–H groups in total. The van der Waals surface area contributed by atoms with Gasteiger partial charge in [-0.15, -0.1) is 0 Å². The number of nitrogens with one attached hydrogen (secondary N) is 2.